The van der Waals surface area contributed by atoms with E-state index in [4.69, 9.17) is 9.97 Å². The lowest BCUT2D eigenvalue weighted by atomic mass is 9.98. The third-order valence-electron chi connectivity index (χ3n) is 10.2. The molecule has 0 aliphatic heterocycles. The van der Waals surface area contributed by atoms with Crippen LogP contribution in [0.5, 0.6) is 0 Å². The fraction of sp³-hybridized carbons (Fsp3) is 0. The Hall–Kier alpha value is -6.36. The maximum Gasteiger partial charge on any atom is 0.235 e. The molecule has 232 valence electrons. The molecule has 0 fully saturated rings. The van der Waals surface area contributed by atoms with Crippen molar-refractivity contribution in [1.82, 2.24) is 14.5 Å². The van der Waals surface area contributed by atoms with Gasteiger partial charge in [-0.25, -0.2) is 9.97 Å². The molecule has 0 bridgehead atoms. The van der Waals surface area contributed by atoms with E-state index in [1.54, 1.807) is 0 Å². The van der Waals surface area contributed by atoms with Gasteiger partial charge in [0.15, 0.2) is 0 Å². The van der Waals surface area contributed by atoms with Gasteiger partial charge in [0.2, 0.25) is 5.95 Å². The Labute approximate surface area is 291 Å². The molecule has 3 nitrogen and oxygen atoms in total. The van der Waals surface area contributed by atoms with Crippen molar-refractivity contribution in [3.63, 3.8) is 0 Å². The molecule has 0 atom stereocenters. The molecule has 8 aromatic carbocycles. The molecule has 11 rings (SSSR count). The van der Waals surface area contributed by atoms with Gasteiger partial charge in [0.25, 0.3) is 0 Å². The Bertz CT molecular complexity index is 3060. The lowest BCUT2D eigenvalue weighted by Crippen LogP contribution is -2.04. The van der Waals surface area contributed by atoms with Gasteiger partial charge in [-0.1, -0.05) is 133 Å². The predicted molar refractivity (Wildman–Crippen MR) is 213 cm³/mol. The third kappa shape index (κ3) is 3.97. The zero-order valence-electron chi connectivity index (χ0n) is 26.8. The Morgan fingerprint density at radius 3 is 1.64 bits per heavy atom. The summed E-state index contributed by atoms with van der Waals surface area (Å²) in [7, 11) is 0. The molecule has 4 heteroatoms. The van der Waals surface area contributed by atoms with Crippen molar-refractivity contribution in [2.24, 2.45) is 0 Å². The quantitative estimate of drug-likeness (QED) is 0.190. The number of nitrogens with zero attached hydrogens (tertiary/aromatic N) is 3. The third-order valence-corrected chi connectivity index (χ3v) is 11.4. The molecule has 0 radical (unpaired) electrons. The average Bonchev–Trinajstić information content (AvgIpc) is 3.75. The maximum absolute atomic E-state index is 5.52. The highest BCUT2D eigenvalue weighted by Crippen LogP contribution is 2.45. The monoisotopic (exact) mass is 653 g/mol. The average molecular weight is 654 g/mol. The first kappa shape index (κ1) is 27.6. The molecule has 11 aromatic rings. The van der Waals surface area contributed by atoms with E-state index >= 15 is 0 Å². The van der Waals surface area contributed by atoms with E-state index in [1.165, 1.54) is 63.3 Å². The van der Waals surface area contributed by atoms with Gasteiger partial charge >= 0.3 is 0 Å². The van der Waals surface area contributed by atoms with Crippen LogP contribution < -0.4 is 0 Å². The van der Waals surface area contributed by atoms with Crippen LogP contribution in [0.3, 0.4) is 0 Å². The standard InChI is InChI=1S/C46H27N3S/c1-2-14-30(15-3-1)37-27-38(36-26-31-16-6-9-19-34(31)42-35-20-10-11-21-41(35)50-45(36)42)48-46(47-37)49-39-24-22-28-12-4-7-17-32(28)43(39)44-33-18-8-5-13-29(33)23-25-40(44)49/h1-27H. The number of fused-ring (bicyclic) bond motifs is 12. The molecule has 0 unspecified atom stereocenters. The topological polar surface area (TPSA) is 30.7 Å². The second kappa shape index (κ2) is 10.6. The lowest BCUT2D eigenvalue weighted by molar-refractivity contribution is 0.997. The van der Waals surface area contributed by atoms with Gasteiger partial charge in [0, 0.05) is 42.1 Å². The number of rotatable bonds is 3. The maximum atomic E-state index is 5.52. The summed E-state index contributed by atoms with van der Waals surface area (Å²) in [5, 5.41) is 12.4. The number of hydrogen-bond donors (Lipinski definition) is 0. The number of thiophene rings is 1. The van der Waals surface area contributed by atoms with Gasteiger partial charge in [0.1, 0.15) is 0 Å². The summed E-state index contributed by atoms with van der Waals surface area (Å²) >= 11 is 1.84. The number of benzene rings is 8. The largest absolute Gasteiger partial charge is 0.278 e. The van der Waals surface area contributed by atoms with Crippen LogP contribution in [0.25, 0.3) is 103 Å². The van der Waals surface area contributed by atoms with Crippen LogP contribution in [0.4, 0.5) is 0 Å². The number of hydrogen-bond acceptors (Lipinski definition) is 3. The van der Waals surface area contributed by atoms with E-state index in [-0.39, 0.29) is 0 Å². The molecule has 3 heterocycles. The van der Waals surface area contributed by atoms with Crippen molar-refractivity contribution in [2.45, 2.75) is 0 Å². The molecule has 0 saturated carbocycles. The van der Waals surface area contributed by atoms with Crippen molar-refractivity contribution >= 4 is 85.6 Å². The van der Waals surface area contributed by atoms with Crippen LogP contribution in [0, 0.1) is 0 Å². The summed E-state index contributed by atoms with van der Waals surface area (Å²) in [6.45, 7) is 0. The first-order valence-corrected chi connectivity index (χ1v) is 17.7. The van der Waals surface area contributed by atoms with Gasteiger partial charge in [-0.2, -0.15) is 0 Å². The Morgan fingerprint density at radius 2 is 0.960 bits per heavy atom. The van der Waals surface area contributed by atoms with Crippen LogP contribution in [-0.4, -0.2) is 14.5 Å². The van der Waals surface area contributed by atoms with E-state index in [1.807, 2.05) is 11.3 Å². The first-order valence-electron chi connectivity index (χ1n) is 16.9. The van der Waals surface area contributed by atoms with Crippen molar-refractivity contribution in [2.75, 3.05) is 0 Å². The predicted octanol–water partition coefficient (Wildman–Crippen LogP) is 12.7. The molecule has 0 amide bonds. The van der Waals surface area contributed by atoms with E-state index in [9.17, 15) is 0 Å². The van der Waals surface area contributed by atoms with Crippen molar-refractivity contribution in [3.05, 3.63) is 164 Å². The smallest absolute Gasteiger partial charge is 0.235 e. The van der Waals surface area contributed by atoms with Gasteiger partial charge in [0.05, 0.1) is 22.4 Å². The Balaban J connectivity index is 1.30. The van der Waals surface area contributed by atoms with Gasteiger partial charge in [-0.15, -0.1) is 11.3 Å². The van der Waals surface area contributed by atoms with E-state index in [0.717, 1.165) is 33.5 Å². The van der Waals surface area contributed by atoms with Crippen LogP contribution in [0.2, 0.25) is 0 Å². The van der Waals surface area contributed by atoms with Crippen molar-refractivity contribution in [1.29, 1.82) is 0 Å². The highest BCUT2D eigenvalue weighted by molar-refractivity contribution is 7.26. The summed E-state index contributed by atoms with van der Waals surface area (Å²) < 4.78 is 4.80. The van der Waals surface area contributed by atoms with Gasteiger partial charge in [-0.05, 0) is 62.6 Å². The zero-order valence-corrected chi connectivity index (χ0v) is 27.7. The summed E-state index contributed by atoms with van der Waals surface area (Å²) in [5.41, 5.74) is 6.17. The summed E-state index contributed by atoms with van der Waals surface area (Å²) in [4.78, 5) is 10.9. The molecule has 0 spiro atoms. The van der Waals surface area contributed by atoms with Crippen molar-refractivity contribution in [3.8, 4) is 28.5 Å². The molecule has 0 saturated heterocycles. The van der Waals surface area contributed by atoms with E-state index in [2.05, 4.69) is 168 Å². The molecule has 0 N–H and O–H groups in total. The van der Waals surface area contributed by atoms with Crippen LogP contribution in [-0.2, 0) is 0 Å². The second-order valence-electron chi connectivity index (χ2n) is 12.9. The minimum absolute atomic E-state index is 0.661. The summed E-state index contributed by atoms with van der Waals surface area (Å²) in [6, 6.07) is 58.8. The minimum Gasteiger partial charge on any atom is -0.278 e. The molecule has 50 heavy (non-hydrogen) atoms. The second-order valence-corrected chi connectivity index (χ2v) is 14.0. The van der Waals surface area contributed by atoms with Crippen LogP contribution in [0.15, 0.2) is 164 Å². The minimum atomic E-state index is 0.661. The molecular formula is C46H27N3S. The Kier molecular flexibility index (Phi) is 5.83. The fourth-order valence-electron chi connectivity index (χ4n) is 7.96. The van der Waals surface area contributed by atoms with E-state index < -0.39 is 0 Å². The summed E-state index contributed by atoms with van der Waals surface area (Å²) in [5.74, 6) is 0.661. The fourth-order valence-corrected chi connectivity index (χ4v) is 9.20. The van der Waals surface area contributed by atoms with Crippen molar-refractivity contribution < 1.29 is 0 Å². The van der Waals surface area contributed by atoms with E-state index in [0.29, 0.717) is 5.95 Å². The van der Waals surface area contributed by atoms with Gasteiger partial charge in [-0.3, -0.25) is 4.57 Å². The molecule has 3 aromatic heterocycles. The van der Waals surface area contributed by atoms with Gasteiger partial charge < -0.3 is 0 Å². The zero-order chi connectivity index (χ0) is 32.8. The molecular weight excluding hydrogens is 627 g/mol. The first-order chi connectivity index (χ1) is 24.8. The molecule has 0 aliphatic rings. The summed E-state index contributed by atoms with van der Waals surface area (Å²) in [6.07, 6.45) is 0. The SMILES string of the molecule is c1ccc(-c2cc(-c3cc4ccccc4c4c3sc3ccccc34)nc(-n3c4ccc5ccccc5c4c4c5ccccc5ccc43)n2)cc1. The van der Waals surface area contributed by atoms with Crippen LogP contribution >= 0.6 is 11.3 Å². The molecule has 0 aliphatic carbocycles. The Morgan fingerprint density at radius 1 is 0.420 bits per heavy atom. The lowest BCUT2D eigenvalue weighted by Gasteiger charge is -2.13. The normalized spacial score (nSPS) is 12.0. The highest BCUT2D eigenvalue weighted by atomic mass is 32.1. The van der Waals surface area contributed by atoms with Crippen LogP contribution in [0.1, 0.15) is 0 Å². The number of aromatic nitrogens is 3. The highest BCUT2D eigenvalue weighted by Gasteiger charge is 2.22.